The molecule has 0 aromatic rings. The van der Waals surface area contributed by atoms with Crippen molar-refractivity contribution in [3.05, 3.63) is 0 Å². The van der Waals surface area contributed by atoms with Gasteiger partial charge in [-0.05, 0) is 33.0 Å². The third-order valence-corrected chi connectivity index (χ3v) is 3.19. The molecule has 1 rings (SSSR count). The van der Waals surface area contributed by atoms with E-state index >= 15 is 0 Å². The van der Waals surface area contributed by atoms with Gasteiger partial charge in [-0.1, -0.05) is 44.9 Å². The van der Waals surface area contributed by atoms with E-state index in [0.29, 0.717) is 0 Å². The maximum atomic E-state index is 2.29. The first-order chi connectivity index (χ1) is 6.29. The number of rotatable bonds is 5. The fraction of sp³-hybridized carbons (Fsp3) is 1.00. The third-order valence-electron chi connectivity index (χ3n) is 3.19. The van der Waals surface area contributed by atoms with E-state index in [1.807, 2.05) is 0 Å². The average Bonchev–Trinajstić information content (AvgIpc) is 2.14. The minimum atomic E-state index is 1.08. The Kier molecular flexibility index (Phi) is 5.45. The Balaban J connectivity index is 1.92. The number of hydrogen-bond acceptors (Lipinski definition) is 1. The van der Waals surface area contributed by atoms with Crippen molar-refractivity contribution in [3.63, 3.8) is 0 Å². The Morgan fingerprint density at radius 2 is 1.69 bits per heavy atom. The summed E-state index contributed by atoms with van der Waals surface area (Å²) >= 11 is 0. The molecule has 1 aliphatic carbocycles. The molecule has 1 nitrogen and oxygen atoms in total. The van der Waals surface area contributed by atoms with Gasteiger partial charge in [0.2, 0.25) is 0 Å². The molecule has 0 bridgehead atoms. The summed E-state index contributed by atoms with van der Waals surface area (Å²) in [5.41, 5.74) is 0. The summed E-state index contributed by atoms with van der Waals surface area (Å²) in [4.78, 5) is 2.29. The first-order valence-corrected chi connectivity index (χ1v) is 5.94. The average molecular weight is 183 g/mol. The summed E-state index contributed by atoms with van der Waals surface area (Å²) in [6.45, 7) is 1.27. The highest BCUT2D eigenvalue weighted by molar-refractivity contribution is 4.65. The second-order valence-corrected chi connectivity index (χ2v) is 4.80. The van der Waals surface area contributed by atoms with E-state index in [4.69, 9.17) is 0 Å². The Morgan fingerprint density at radius 3 is 2.31 bits per heavy atom. The summed E-state index contributed by atoms with van der Waals surface area (Å²) < 4.78 is 0. The highest BCUT2D eigenvalue weighted by atomic mass is 15.0. The molecule has 0 spiro atoms. The number of hydrogen-bond donors (Lipinski definition) is 0. The van der Waals surface area contributed by atoms with Gasteiger partial charge in [0.15, 0.2) is 0 Å². The summed E-state index contributed by atoms with van der Waals surface area (Å²) in [5, 5.41) is 0. The summed E-state index contributed by atoms with van der Waals surface area (Å²) in [5.74, 6) is 1.08. The minimum absolute atomic E-state index is 1.08. The highest BCUT2D eigenvalue weighted by Gasteiger charge is 2.12. The van der Waals surface area contributed by atoms with Crippen LogP contribution in [0.25, 0.3) is 0 Å². The van der Waals surface area contributed by atoms with E-state index in [0.717, 1.165) is 5.92 Å². The quantitative estimate of drug-likeness (QED) is 0.591. The van der Waals surface area contributed by atoms with Crippen LogP contribution in [0, 0.1) is 5.92 Å². The van der Waals surface area contributed by atoms with Gasteiger partial charge in [-0.2, -0.15) is 0 Å². The topological polar surface area (TPSA) is 3.24 Å². The van der Waals surface area contributed by atoms with E-state index in [9.17, 15) is 0 Å². The van der Waals surface area contributed by atoms with E-state index in [-0.39, 0.29) is 0 Å². The predicted molar refractivity (Wildman–Crippen MR) is 59.0 cm³/mol. The fourth-order valence-electron chi connectivity index (χ4n) is 2.34. The molecule has 0 unspecified atom stereocenters. The molecule has 78 valence electrons. The molecule has 0 saturated heterocycles. The van der Waals surface area contributed by atoms with E-state index < -0.39 is 0 Å². The molecule has 0 aromatic heterocycles. The lowest BCUT2D eigenvalue weighted by molar-refractivity contribution is 0.317. The maximum absolute atomic E-state index is 2.29. The number of unbranched alkanes of at least 4 members (excludes halogenated alkanes) is 1. The second kappa shape index (κ2) is 6.42. The Labute approximate surface area is 83.5 Å². The van der Waals surface area contributed by atoms with E-state index in [1.165, 1.54) is 57.9 Å². The lowest BCUT2D eigenvalue weighted by atomic mass is 9.86. The van der Waals surface area contributed by atoms with Gasteiger partial charge in [-0.3, -0.25) is 0 Å². The SMILES string of the molecule is CN(C)CCCCC1CCCCC1. The molecule has 0 radical (unpaired) electrons. The van der Waals surface area contributed by atoms with Crippen molar-refractivity contribution in [3.8, 4) is 0 Å². The summed E-state index contributed by atoms with van der Waals surface area (Å²) in [6, 6.07) is 0. The third kappa shape index (κ3) is 5.30. The molecule has 1 fully saturated rings. The van der Waals surface area contributed by atoms with Crippen LogP contribution < -0.4 is 0 Å². The lowest BCUT2D eigenvalue weighted by Crippen LogP contribution is -2.13. The first kappa shape index (κ1) is 11.0. The summed E-state index contributed by atoms with van der Waals surface area (Å²) in [6.07, 6.45) is 11.9. The van der Waals surface area contributed by atoms with Gasteiger partial charge >= 0.3 is 0 Å². The molecule has 0 N–H and O–H groups in total. The molecule has 0 atom stereocenters. The molecule has 0 heterocycles. The smallest absolute Gasteiger partial charge is 0.00248 e. The van der Waals surface area contributed by atoms with E-state index in [1.54, 1.807) is 0 Å². The van der Waals surface area contributed by atoms with Crippen molar-refractivity contribution in [1.82, 2.24) is 4.90 Å². The molecule has 0 amide bonds. The molecular formula is C12H25N. The van der Waals surface area contributed by atoms with Gasteiger partial charge in [0.05, 0.1) is 0 Å². The molecule has 1 saturated carbocycles. The van der Waals surface area contributed by atoms with Crippen molar-refractivity contribution in [2.24, 2.45) is 5.92 Å². The van der Waals surface area contributed by atoms with Gasteiger partial charge in [0.1, 0.15) is 0 Å². The van der Waals surface area contributed by atoms with Gasteiger partial charge in [-0.25, -0.2) is 0 Å². The molecule has 0 aliphatic heterocycles. The van der Waals surface area contributed by atoms with Gasteiger partial charge in [0.25, 0.3) is 0 Å². The standard InChI is InChI=1S/C12H25N/c1-13(2)11-7-6-10-12-8-4-3-5-9-12/h12H,3-11H2,1-2H3. The van der Waals surface area contributed by atoms with Crippen LogP contribution in [-0.2, 0) is 0 Å². The van der Waals surface area contributed by atoms with Crippen LogP contribution in [0.5, 0.6) is 0 Å². The number of nitrogens with zero attached hydrogens (tertiary/aromatic N) is 1. The Morgan fingerprint density at radius 1 is 1.00 bits per heavy atom. The normalized spacial score (nSPS) is 19.6. The van der Waals surface area contributed by atoms with Crippen LogP contribution >= 0.6 is 0 Å². The van der Waals surface area contributed by atoms with Crippen molar-refractivity contribution >= 4 is 0 Å². The van der Waals surface area contributed by atoms with Crippen LogP contribution in [0.1, 0.15) is 51.4 Å². The second-order valence-electron chi connectivity index (χ2n) is 4.80. The molecule has 1 aliphatic rings. The van der Waals surface area contributed by atoms with Crippen LogP contribution in [0.15, 0.2) is 0 Å². The molecular weight excluding hydrogens is 158 g/mol. The van der Waals surface area contributed by atoms with Crippen LogP contribution in [0.2, 0.25) is 0 Å². The van der Waals surface area contributed by atoms with Gasteiger partial charge in [0, 0.05) is 0 Å². The van der Waals surface area contributed by atoms with Gasteiger partial charge < -0.3 is 4.90 Å². The Bertz CT molecular complexity index is 114. The lowest BCUT2D eigenvalue weighted by Gasteiger charge is -2.21. The van der Waals surface area contributed by atoms with Crippen molar-refractivity contribution < 1.29 is 0 Å². The Hall–Kier alpha value is -0.0400. The molecule has 1 heteroatoms. The zero-order valence-corrected chi connectivity index (χ0v) is 9.39. The maximum Gasteiger partial charge on any atom is -0.00248 e. The predicted octanol–water partition coefficient (Wildman–Crippen LogP) is 3.30. The van der Waals surface area contributed by atoms with Crippen LogP contribution in [0.3, 0.4) is 0 Å². The minimum Gasteiger partial charge on any atom is -0.309 e. The molecule has 13 heavy (non-hydrogen) atoms. The first-order valence-electron chi connectivity index (χ1n) is 5.94. The highest BCUT2D eigenvalue weighted by Crippen LogP contribution is 2.27. The van der Waals surface area contributed by atoms with Crippen molar-refractivity contribution in [2.75, 3.05) is 20.6 Å². The van der Waals surface area contributed by atoms with Crippen LogP contribution in [-0.4, -0.2) is 25.5 Å². The zero-order chi connectivity index (χ0) is 9.52. The fourth-order valence-corrected chi connectivity index (χ4v) is 2.34. The van der Waals surface area contributed by atoms with Crippen molar-refractivity contribution in [1.29, 1.82) is 0 Å². The summed E-state index contributed by atoms with van der Waals surface area (Å²) in [7, 11) is 4.33. The van der Waals surface area contributed by atoms with Crippen molar-refractivity contribution in [2.45, 2.75) is 51.4 Å². The van der Waals surface area contributed by atoms with E-state index in [2.05, 4.69) is 19.0 Å². The largest absolute Gasteiger partial charge is 0.309 e. The monoisotopic (exact) mass is 183 g/mol. The van der Waals surface area contributed by atoms with Crippen LogP contribution in [0.4, 0.5) is 0 Å². The zero-order valence-electron chi connectivity index (χ0n) is 9.39. The molecule has 0 aromatic carbocycles. The van der Waals surface area contributed by atoms with Gasteiger partial charge in [-0.15, -0.1) is 0 Å².